The highest BCUT2D eigenvalue weighted by Crippen LogP contribution is 2.25. The van der Waals surface area contributed by atoms with Crippen LogP contribution < -0.4 is 5.32 Å². The SMILES string of the molecule is C=CCC1CC(NC(=O)O)CC1=O. The zero-order valence-corrected chi connectivity index (χ0v) is 7.32. The highest BCUT2D eigenvalue weighted by atomic mass is 16.4. The Bertz CT molecular complexity index is 237. The van der Waals surface area contributed by atoms with Crippen molar-refractivity contribution in [2.45, 2.75) is 25.3 Å². The number of carbonyl (C=O) groups excluding carboxylic acids is 1. The second-order valence-corrected chi connectivity index (χ2v) is 3.27. The maximum Gasteiger partial charge on any atom is 0.404 e. The van der Waals surface area contributed by atoms with Gasteiger partial charge in [-0.15, -0.1) is 6.58 Å². The normalized spacial score (nSPS) is 27.2. The van der Waals surface area contributed by atoms with E-state index in [1.165, 1.54) is 0 Å². The molecule has 0 heterocycles. The molecule has 0 aliphatic heterocycles. The second kappa shape index (κ2) is 4.07. The first-order chi connectivity index (χ1) is 6.13. The number of carboxylic acid groups (broad SMARTS) is 1. The van der Waals surface area contributed by atoms with Crippen LogP contribution in [0.3, 0.4) is 0 Å². The summed E-state index contributed by atoms with van der Waals surface area (Å²) in [5, 5.41) is 10.8. The lowest BCUT2D eigenvalue weighted by molar-refractivity contribution is -0.120. The molecule has 2 atom stereocenters. The molecule has 0 aromatic heterocycles. The van der Waals surface area contributed by atoms with Gasteiger partial charge in [-0.3, -0.25) is 4.79 Å². The highest BCUT2D eigenvalue weighted by Gasteiger charge is 2.32. The van der Waals surface area contributed by atoms with E-state index in [-0.39, 0.29) is 17.7 Å². The van der Waals surface area contributed by atoms with Crippen LogP contribution in [0, 0.1) is 5.92 Å². The Hall–Kier alpha value is -1.32. The summed E-state index contributed by atoms with van der Waals surface area (Å²) in [5.41, 5.74) is 0. The smallest absolute Gasteiger partial charge is 0.404 e. The van der Waals surface area contributed by atoms with Crippen LogP contribution in [-0.2, 0) is 4.79 Å². The molecule has 0 saturated heterocycles. The molecular formula is C9H13NO3. The van der Waals surface area contributed by atoms with Gasteiger partial charge >= 0.3 is 6.09 Å². The van der Waals surface area contributed by atoms with Crippen molar-refractivity contribution in [2.24, 2.45) is 5.92 Å². The molecule has 72 valence electrons. The second-order valence-electron chi connectivity index (χ2n) is 3.27. The molecule has 1 fully saturated rings. The Morgan fingerprint density at radius 1 is 1.77 bits per heavy atom. The minimum Gasteiger partial charge on any atom is -0.465 e. The topological polar surface area (TPSA) is 66.4 Å². The summed E-state index contributed by atoms with van der Waals surface area (Å²) in [4.78, 5) is 21.6. The molecule has 1 rings (SSSR count). The molecule has 0 aromatic carbocycles. The van der Waals surface area contributed by atoms with Crippen molar-refractivity contribution in [3.8, 4) is 0 Å². The van der Waals surface area contributed by atoms with E-state index in [4.69, 9.17) is 5.11 Å². The first-order valence-electron chi connectivity index (χ1n) is 4.26. The largest absolute Gasteiger partial charge is 0.465 e. The molecule has 4 heteroatoms. The summed E-state index contributed by atoms with van der Waals surface area (Å²) in [5.74, 6) is 0.105. The number of nitrogens with one attached hydrogen (secondary N) is 1. The summed E-state index contributed by atoms with van der Waals surface area (Å²) >= 11 is 0. The Morgan fingerprint density at radius 2 is 2.46 bits per heavy atom. The van der Waals surface area contributed by atoms with E-state index in [1.54, 1.807) is 6.08 Å². The lowest BCUT2D eigenvalue weighted by atomic mass is 10.0. The number of hydrogen-bond acceptors (Lipinski definition) is 2. The predicted octanol–water partition coefficient (Wildman–Crippen LogP) is 1.18. The first-order valence-corrected chi connectivity index (χ1v) is 4.26. The van der Waals surface area contributed by atoms with Gasteiger partial charge in [0.25, 0.3) is 0 Å². The van der Waals surface area contributed by atoms with E-state index in [2.05, 4.69) is 11.9 Å². The van der Waals surface area contributed by atoms with E-state index in [0.717, 1.165) is 0 Å². The van der Waals surface area contributed by atoms with Crippen LogP contribution in [0.25, 0.3) is 0 Å². The standard InChI is InChI=1S/C9H13NO3/c1-2-3-6-4-7(5-8(6)11)10-9(12)13/h2,6-7,10H,1,3-5H2,(H,12,13). The molecule has 0 radical (unpaired) electrons. The van der Waals surface area contributed by atoms with Gasteiger partial charge < -0.3 is 10.4 Å². The average Bonchev–Trinajstić information content (AvgIpc) is 2.31. The van der Waals surface area contributed by atoms with Crippen LogP contribution in [0.2, 0.25) is 0 Å². The number of amides is 1. The fraction of sp³-hybridized carbons (Fsp3) is 0.556. The molecule has 1 aliphatic rings. The number of rotatable bonds is 3. The van der Waals surface area contributed by atoms with E-state index in [1.807, 2.05) is 0 Å². The fourth-order valence-corrected chi connectivity index (χ4v) is 1.68. The van der Waals surface area contributed by atoms with Gasteiger partial charge in [0.15, 0.2) is 0 Å². The van der Waals surface area contributed by atoms with Crippen LogP contribution >= 0.6 is 0 Å². The number of Topliss-reactive ketones (excluding diaryl/α,β-unsaturated/α-hetero) is 1. The van der Waals surface area contributed by atoms with Crippen LogP contribution in [0.4, 0.5) is 4.79 Å². The lowest BCUT2D eigenvalue weighted by Gasteiger charge is -2.07. The first kappa shape index (κ1) is 9.77. The van der Waals surface area contributed by atoms with Crippen molar-refractivity contribution in [2.75, 3.05) is 0 Å². The van der Waals surface area contributed by atoms with Crippen LogP contribution in [0.1, 0.15) is 19.3 Å². The Morgan fingerprint density at radius 3 is 3.00 bits per heavy atom. The summed E-state index contributed by atoms with van der Waals surface area (Å²) in [6.07, 6.45) is 2.22. The minimum absolute atomic E-state index is 0.0330. The van der Waals surface area contributed by atoms with Gasteiger partial charge in [0.05, 0.1) is 0 Å². The summed E-state index contributed by atoms with van der Waals surface area (Å²) < 4.78 is 0. The van der Waals surface area contributed by atoms with Crippen molar-refractivity contribution in [3.05, 3.63) is 12.7 Å². The van der Waals surface area contributed by atoms with Gasteiger partial charge in [-0.2, -0.15) is 0 Å². The average molecular weight is 183 g/mol. The number of allylic oxidation sites excluding steroid dienone is 1. The van der Waals surface area contributed by atoms with E-state index in [9.17, 15) is 9.59 Å². The van der Waals surface area contributed by atoms with Crippen molar-refractivity contribution in [3.63, 3.8) is 0 Å². The Labute approximate surface area is 76.6 Å². The number of carbonyl (C=O) groups is 2. The molecule has 1 aliphatic carbocycles. The third kappa shape index (κ3) is 2.57. The molecule has 1 saturated carbocycles. The van der Waals surface area contributed by atoms with E-state index >= 15 is 0 Å². The highest BCUT2D eigenvalue weighted by molar-refractivity contribution is 5.84. The maximum absolute atomic E-state index is 11.3. The lowest BCUT2D eigenvalue weighted by Crippen LogP contribution is -2.31. The van der Waals surface area contributed by atoms with Crippen molar-refractivity contribution >= 4 is 11.9 Å². The minimum atomic E-state index is -1.06. The molecule has 2 N–H and O–H groups in total. The van der Waals surface area contributed by atoms with Gasteiger partial charge in [0.1, 0.15) is 5.78 Å². The van der Waals surface area contributed by atoms with Crippen LogP contribution in [0.15, 0.2) is 12.7 Å². The summed E-state index contributed by atoms with van der Waals surface area (Å²) in [6, 6.07) is -0.199. The summed E-state index contributed by atoms with van der Waals surface area (Å²) in [7, 11) is 0. The fourth-order valence-electron chi connectivity index (χ4n) is 1.68. The molecular weight excluding hydrogens is 170 g/mol. The molecule has 4 nitrogen and oxygen atoms in total. The summed E-state index contributed by atoms with van der Waals surface area (Å²) in [6.45, 7) is 3.56. The van der Waals surface area contributed by atoms with Gasteiger partial charge in [-0.05, 0) is 12.8 Å². The van der Waals surface area contributed by atoms with Crippen molar-refractivity contribution in [1.82, 2.24) is 5.32 Å². The molecule has 1 amide bonds. The number of hydrogen-bond donors (Lipinski definition) is 2. The Balaban J connectivity index is 2.44. The van der Waals surface area contributed by atoms with Crippen molar-refractivity contribution in [1.29, 1.82) is 0 Å². The van der Waals surface area contributed by atoms with Crippen LogP contribution in [-0.4, -0.2) is 23.0 Å². The van der Waals surface area contributed by atoms with Gasteiger partial charge in [-0.25, -0.2) is 4.79 Å². The van der Waals surface area contributed by atoms with Gasteiger partial charge in [0, 0.05) is 18.4 Å². The molecule has 0 spiro atoms. The maximum atomic E-state index is 11.3. The zero-order chi connectivity index (χ0) is 9.84. The third-order valence-electron chi connectivity index (χ3n) is 2.25. The van der Waals surface area contributed by atoms with E-state index in [0.29, 0.717) is 19.3 Å². The van der Waals surface area contributed by atoms with Gasteiger partial charge in [-0.1, -0.05) is 6.08 Å². The monoisotopic (exact) mass is 183 g/mol. The molecule has 0 bridgehead atoms. The van der Waals surface area contributed by atoms with Crippen LogP contribution in [0.5, 0.6) is 0 Å². The predicted molar refractivity (Wildman–Crippen MR) is 47.5 cm³/mol. The van der Waals surface area contributed by atoms with Gasteiger partial charge in [0.2, 0.25) is 0 Å². The quantitative estimate of drug-likeness (QED) is 0.645. The zero-order valence-electron chi connectivity index (χ0n) is 7.32. The van der Waals surface area contributed by atoms with Crippen molar-refractivity contribution < 1.29 is 14.7 Å². The number of ketones is 1. The molecule has 0 aromatic rings. The van der Waals surface area contributed by atoms with E-state index < -0.39 is 6.09 Å². The third-order valence-corrected chi connectivity index (χ3v) is 2.25. The Kier molecular flexibility index (Phi) is 3.06. The molecule has 13 heavy (non-hydrogen) atoms. The molecule has 2 unspecified atom stereocenters.